The van der Waals surface area contributed by atoms with E-state index in [4.69, 9.17) is 4.74 Å². The van der Waals surface area contributed by atoms with E-state index in [1.54, 1.807) is 31.2 Å². The van der Waals surface area contributed by atoms with Gasteiger partial charge in [0.15, 0.2) is 11.6 Å². The summed E-state index contributed by atoms with van der Waals surface area (Å²) in [6, 6.07) is 14.5. The Labute approximate surface area is 192 Å². The lowest BCUT2D eigenvalue weighted by Crippen LogP contribution is -2.32. The maximum Gasteiger partial charge on any atom is 0.282 e. The van der Waals surface area contributed by atoms with Gasteiger partial charge in [-0.1, -0.05) is 12.1 Å². The molecule has 0 aliphatic carbocycles. The number of para-hydroxylation sites is 2. The summed E-state index contributed by atoms with van der Waals surface area (Å²) in [4.78, 5) is 37.9. The fourth-order valence-corrected chi connectivity index (χ4v) is 3.51. The van der Waals surface area contributed by atoms with Gasteiger partial charge in [0.1, 0.15) is 11.4 Å². The molecule has 10 heteroatoms. The second-order valence-corrected chi connectivity index (χ2v) is 7.15. The van der Waals surface area contributed by atoms with Crippen molar-refractivity contribution in [2.75, 3.05) is 16.8 Å². The van der Waals surface area contributed by atoms with Gasteiger partial charge in [0.25, 0.3) is 17.5 Å². The number of nitrogens with one attached hydrogen (secondary N) is 1. The number of benzene rings is 3. The van der Waals surface area contributed by atoms with Crippen molar-refractivity contribution in [1.82, 2.24) is 0 Å². The van der Waals surface area contributed by atoms with Crippen LogP contribution < -0.4 is 15.0 Å². The van der Waals surface area contributed by atoms with Crippen molar-refractivity contribution in [3.63, 3.8) is 0 Å². The van der Waals surface area contributed by atoms with Crippen molar-refractivity contribution in [3.8, 4) is 5.75 Å². The lowest BCUT2D eigenvalue weighted by Gasteiger charge is -2.16. The number of ether oxygens (including phenoxy) is 1. The summed E-state index contributed by atoms with van der Waals surface area (Å²) in [5.41, 5.74) is 0.0298. The fraction of sp³-hybridized carbons (Fsp3) is 0.0833. The summed E-state index contributed by atoms with van der Waals surface area (Å²) >= 11 is 0. The van der Waals surface area contributed by atoms with Crippen LogP contribution in [0.2, 0.25) is 0 Å². The van der Waals surface area contributed by atoms with Gasteiger partial charge >= 0.3 is 0 Å². The average Bonchev–Trinajstić information content (AvgIpc) is 3.06. The minimum atomic E-state index is -1.22. The van der Waals surface area contributed by atoms with Crippen molar-refractivity contribution in [2.24, 2.45) is 0 Å². The second-order valence-electron chi connectivity index (χ2n) is 7.15. The zero-order valence-corrected chi connectivity index (χ0v) is 17.7. The van der Waals surface area contributed by atoms with E-state index in [1.165, 1.54) is 24.3 Å². The van der Waals surface area contributed by atoms with Crippen LogP contribution in [0.25, 0.3) is 5.57 Å². The van der Waals surface area contributed by atoms with E-state index in [2.05, 4.69) is 5.32 Å². The Bertz CT molecular complexity index is 1340. The third kappa shape index (κ3) is 4.08. The number of nitrogens with zero attached hydrogens (tertiary/aromatic N) is 2. The molecule has 172 valence electrons. The van der Waals surface area contributed by atoms with Crippen molar-refractivity contribution in [3.05, 3.63) is 99.7 Å². The Hall–Kier alpha value is -4.60. The van der Waals surface area contributed by atoms with Crippen LogP contribution in [0.3, 0.4) is 0 Å². The normalized spacial score (nSPS) is 13.4. The minimum absolute atomic E-state index is 0.0871. The highest BCUT2D eigenvalue weighted by molar-refractivity contribution is 6.46. The maximum absolute atomic E-state index is 13.9. The number of nitro groups is 1. The number of non-ortho nitro benzene ring substituents is 1. The van der Waals surface area contributed by atoms with Gasteiger partial charge in [-0.3, -0.25) is 19.7 Å². The number of nitro benzene ring substituents is 1. The molecule has 1 aliphatic heterocycles. The van der Waals surface area contributed by atoms with Crippen molar-refractivity contribution in [2.45, 2.75) is 6.92 Å². The number of carbonyl (C=O) groups is 2. The van der Waals surface area contributed by atoms with Gasteiger partial charge < -0.3 is 10.1 Å². The molecule has 0 spiro atoms. The van der Waals surface area contributed by atoms with E-state index in [1.807, 2.05) is 0 Å². The maximum atomic E-state index is 13.9. The lowest BCUT2D eigenvalue weighted by molar-refractivity contribution is -0.384. The number of amides is 2. The van der Waals surface area contributed by atoms with Gasteiger partial charge in [-0.2, -0.15) is 0 Å². The van der Waals surface area contributed by atoms with Gasteiger partial charge in [0.2, 0.25) is 0 Å². The number of hydrogen-bond donors (Lipinski definition) is 1. The summed E-state index contributed by atoms with van der Waals surface area (Å²) in [7, 11) is 0. The van der Waals surface area contributed by atoms with Crippen LogP contribution in [0, 0.1) is 21.7 Å². The molecule has 0 saturated heterocycles. The molecule has 0 aromatic heterocycles. The van der Waals surface area contributed by atoms with Gasteiger partial charge in [-0.05, 0) is 48.9 Å². The van der Waals surface area contributed by atoms with Gasteiger partial charge in [-0.15, -0.1) is 0 Å². The predicted molar refractivity (Wildman–Crippen MR) is 120 cm³/mol. The van der Waals surface area contributed by atoms with E-state index in [-0.39, 0.29) is 28.2 Å². The molecule has 0 saturated carbocycles. The van der Waals surface area contributed by atoms with Crippen LogP contribution in [0.15, 0.2) is 72.4 Å². The summed E-state index contributed by atoms with van der Waals surface area (Å²) in [5.74, 6) is -3.54. The molecule has 0 bridgehead atoms. The molecule has 4 rings (SSSR count). The van der Waals surface area contributed by atoms with Crippen LogP contribution in [0.4, 0.5) is 25.8 Å². The zero-order valence-electron chi connectivity index (χ0n) is 17.7. The first-order valence-corrected chi connectivity index (χ1v) is 10.1. The van der Waals surface area contributed by atoms with E-state index in [9.17, 15) is 28.5 Å². The Morgan fingerprint density at radius 1 is 0.971 bits per heavy atom. The molecule has 8 nitrogen and oxygen atoms in total. The molecule has 1 aliphatic rings. The van der Waals surface area contributed by atoms with Crippen LogP contribution in [-0.4, -0.2) is 23.3 Å². The Morgan fingerprint density at radius 2 is 1.68 bits per heavy atom. The molecule has 2 amide bonds. The first-order valence-electron chi connectivity index (χ1n) is 10.1. The smallest absolute Gasteiger partial charge is 0.282 e. The molecule has 1 heterocycles. The van der Waals surface area contributed by atoms with Crippen molar-refractivity contribution < 1.29 is 28.0 Å². The summed E-state index contributed by atoms with van der Waals surface area (Å²) in [6.07, 6.45) is 0. The molecule has 3 aromatic carbocycles. The number of rotatable bonds is 7. The van der Waals surface area contributed by atoms with Crippen molar-refractivity contribution >= 4 is 34.4 Å². The average molecular weight is 465 g/mol. The fourth-order valence-electron chi connectivity index (χ4n) is 3.51. The minimum Gasteiger partial charge on any atom is -0.492 e. The number of carbonyl (C=O) groups excluding carboxylic acids is 2. The molecular weight excluding hydrogens is 448 g/mol. The number of hydrogen-bond acceptors (Lipinski definition) is 6. The quantitative estimate of drug-likeness (QED) is 0.309. The van der Waals surface area contributed by atoms with E-state index in [0.29, 0.717) is 22.9 Å². The van der Waals surface area contributed by atoms with E-state index in [0.717, 1.165) is 18.2 Å². The van der Waals surface area contributed by atoms with Crippen LogP contribution in [0.1, 0.15) is 12.5 Å². The summed E-state index contributed by atoms with van der Waals surface area (Å²) < 4.78 is 32.9. The largest absolute Gasteiger partial charge is 0.492 e. The summed E-state index contributed by atoms with van der Waals surface area (Å²) in [6.45, 7) is 2.13. The SMILES string of the molecule is CCOc1ccccc1NC1=C(c2ccc([N+](=O)[O-])cc2)C(=O)N(c2ccc(F)c(F)c2)C1=O. The second kappa shape index (κ2) is 9.10. The third-order valence-electron chi connectivity index (χ3n) is 5.06. The van der Waals surface area contributed by atoms with E-state index >= 15 is 0 Å². The lowest BCUT2D eigenvalue weighted by atomic mass is 10.0. The highest BCUT2D eigenvalue weighted by atomic mass is 19.2. The molecule has 0 unspecified atom stereocenters. The first-order chi connectivity index (χ1) is 16.3. The van der Waals surface area contributed by atoms with E-state index < -0.39 is 28.4 Å². The molecule has 3 aromatic rings. The molecule has 0 atom stereocenters. The molecule has 0 radical (unpaired) electrons. The molecule has 0 fully saturated rings. The van der Waals surface area contributed by atoms with Gasteiger partial charge in [-0.25, -0.2) is 13.7 Å². The Balaban J connectivity index is 1.84. The summed E-state index contributed by atoms with van der Waals surface area (Å²) in [5, 5.41) is 13.9. The standard InChI is InChI=1S/C24H17F2N3O5/c1-2-34-20-6-4-3-5-19(20)27-22-21(14-7-9-15(10-8-14)29(32)33)23(30)28(24(22)31)16-11-12-17(25)18(26)13-16/h3-13,27H,2H2,1H3. The predicted octanol–water partition coefficient (Wildman–Crippen LogP) is 4.67. The van der Waals surface area contributed by atoms with Gasteiger partial charge in [0.05, 0.1) is 28.5 Å². The monoisotopic (exact) mass is 465 g/mol. The number of imide groups is 1. The number of anilines is 2. The highest BCUT2D eigenvalue weighted by Crippen LogP contribution is 2.36. The zero-order chi connectivity index (χ0) is 24.4. The first kappa shape index (κ1) is 22.6. The van der Waals surface area contributed by atoms with Gasteiger partial charge in [0, 0.05) is 18.2 Å². The Kier molecular flexibility index (Phi) is 6.05. The Morgan fingerprint density at radius 3 is 2.32 bits per heavy atom. The topological polar surface area (TPSA) is 102 Å². The van der Waals surface area contributed by atoms with Crippen LogP contribution in [0.5, 0.6) is 5.75 Å². The third-order valence-corrected chi connectivity index (χ3v) is 5.06. The highest BCUT2D eigenvalue weighted by Gasteiger charge is 2.41. The molecular formula is C24H17F2N3O5. The molecule has 34 heavy (non-hydrogen) atoms. The van der Waals surface area contributed by atoms with Crippen LogP contribution >= 0.6 is 0 Å². The molecule has 1 N–H and O–H groups in total. The van der Waals surface area contributed by atoms with Crippen LogP contribution in [-0.2, 0) is 9.59 Å². The number of halogens is 2. The van der Waals surface area contributed by atoms with Crippen molar-refractivity contribution in [1.29, 1.82) is 0 Å².